The second-order valence-electron chi connectivity index (χ2n) is 3.37. The number of nitrogens with zero attached hydrogens (tertiary/aromatic N) is 1. The molecule has 0 bridgehead atoms. The van der Waals surface area contributed by atoms with Gasteiger partial charge in [0.2, 0.25) is 0 Å². The molecular weight excluding hydrogens is 145 g/mol. The van der Waals surface area contributed by atoms with Crippen molar-refractivity contribution < 1.29 is 9.50 Å². The standard InChI is InChI=1S/C8H12FNO/c9-7-4-8(6-11)2-1-3-10(8)5-7/h1-2,7,11H,3-6H2. The van der Waals surface area contributed by atoms with E-state index in [1.54, 1.807) is 0 Å². The first kappa shape index (κ1) is 7.25. The van der Waals surface area contributed by atoms with E-state index >= 15 is 0 Å². The fourth-order valence-electron chi connectivity index (χ4n) is 2.04. The minimum atomic E-state index is -0.757. The first-order valence-electron chi connectivity index (χ1n) is 3.94. The van der Waals surface area contributed by atoms with Gasteiger partial charge in [0, 0.05) is 19.5 Å². The van der Waals surface area contributed by atoms with Crippen LogP contribution < -0.4 is 0 Å². The van der Waals surface area contributed by atoms with Crippen LogP contribution in [-0.4, -0.2) is 41.4 Å². The lowest BCUT2D eigenvalue weighted by Gasteiger charge is -2.27. The van der Waals surface area contributed by atoms with Crippen LogP contribution in [0.2, 0.25) is 0 Å². The van der Waals surface area contributed by atoms with Crippen molar-refractivity contribution in [2.75, 3.05) is 19.7 Å². The number of alkyl halides is 1. The molecule has 2 rings (SSSR count). The van der Waals surface area contributed by atoms with Gasteiger partial charge in [0.1, 0.15) is 6.17 Å². The minimum Gasteiger partial charge on any atom is -0.394 e. The molecule has 1 fully saturated rings. The maximum Gasteiger partial charge on any atom is 0.115 e. The molecule has 1 saturated heterocycles. The summed E-state index contributed by atoms with van der Waals surface area (Å²) in [5.41, 5.74) is -0.348. The van der Waals surface area contributed by atoms with Crippen molar-refractivity contribution in [1.29, 1.82) is 0 Å². The largest absolute Gasteiger partial charge is 0.394 e. The maximum atomic E-state index is 12.9. The highest BCUT2D eigenvalue weighted by Gasteiger charge is 2.45. The lowest BCUT2D eigenvalue weighted by molar-refractivity contribution is 0.124. The SMILES string of the molecule is OCC12C=CCN1CC(F)C2. The molecule has 0 spiro atoms. The van der Waals surface area contributed by atoms with Gasteiger partial charge in [-0.15, -0.1) is 0 Å². The monoisotopic (exact) mass is 157 g/mol. The summed E-state index contributed by atoms with van der Waals surface area (Å²) in [6, 6.07) is 0. The molecule has 11 heavy (non-hydrogen) atoms. The Labute approximate surface area is 65.3 Å². The van der Waals surface area contributed by atoms with Crippen molar-refractivity contribution >= 4 is 0 Å². The fourth-order valence-corrected chi connectivity index (χ4v) is 2.04. The molecule has 62 valence electrons. The number of fused-ring (bicyclic) bond motifs is 1. The van der Waals surface area contributed by atoms with Crippen LogP contribution in [0.1, 0.15) is 6.42 Å². The van der Waals surface area contributed by atoms with E-state index in [1.165, 1.54) is 0 Å². The van der Waals surface area contributed by atoms with Crippen LogP contribution in [0.15, 0.2) is 12.2 Å². The van der Waals surface area contributed by atoms with Crippen molar-refractivity contribution in [2.45, 2.75) is 18.1 Å². The zero-order valence-electron chi connectivity index (χ0n) is 6.33. The zero-order chi connectivity index (χ0) is 7.90. The second kappa shape index (κ2) is 2.29. The number of hydrogen-bond acceptors (Lipinski definition) is 2. The van der Waals surface area contributed by atoms with Gasteiger partial charge < -0.3 is 5.11 Å². The van der Waals surface area contributed by atoms with Gasteiger partial charge in [0.15, 0.2) is 0 Å². The Morgan fingerprint density at radius 2 is 2.55 bits per heavy atom. The van der Waals surface area contributed by atoms with Crippen molar-refractivity contribution in [3.63, 3.8) is 0 Å². The van der Waals surface area contributed by atoms with Gasteiger partial charge >= 0.3 is 0 Å². The van der Waals surface area contributed by atoms with E-state index in [4.69, 9.17) is 5.11 Å². The molecule has 0 saturated carbocycles. The van der Waals surface area contributed by atoms with E-state index in [0.29, 0.717) is 13.0 Å². The third kappa shape index (κ3) is 0.914. The lowest BCUT2D eigenvalue weighted by Crippen LogP contribution is -2.41. The van der Waals surface area contributed by atoms with Gasteiger partial charge in [-0.3, -0.25) is 4.90 Å². The van der Waals surface area contributed by atoms with E-state index in [0.717, 1.165) is 6.54 Å². The van der Waals surface area contributed by atoms with E-state index < -0.39 is 6.17 Å². The molecule has 0 aromatic rings. The third-order valence-corrected chi connectivity index (χ3v) is 2.65. The molecule has 2 aliphatic rings. The van der Waals surface area contributed by atoms with Crippen LogP contribution in [0.3, 0.4) is 0 Å². The first-order valence-corrected chi connectivity index (χ1v) is 3.94. The molecule has 0 amide bonds. The smallest absolute Gasteiger partial charge is 0.115 e. The topological polar surface area (TPSA) is 23.5 Å². The molecule has 2 nitrogen and oxygen atoms in total. The highest BCUT2D eigenvalue weighted by atomic mass is 19.1. The van der Waals surface area contributed by atoms with Gasteiger partial charge in [-0.2, -0.15) is 0 Å². The Bertz CT molecular complexity index is 195. The molecule has 0 aromatic heterocycles. The molecule has 0 aliphatic carbocycles. The molecular formula is C8H12FNO. The van der Waals surface area contributed by atoms with E-state index in [1.807, 2.05) is 17.1 Å². The Morgan fingerprint density at radius 1 is 1.73 bits per heavy atom. The highest BCUT2D eigenvalue weighted by molar-refractivity contribution is 5.19. The predicted octanol–water partition coefficient (Wildman–Crippen LogP) is 0.331. The van der Waals surface area contributed by atoms with Gasteiger partial charge in [0.25, 0.3) is 0 Å². The number of rotatable bonds is 1. The quantitative estimate of drug-likeness (QED) is 0.554. The summed E-state index contributed by atoms with van der Waals surface area (Å²) in [6.07, 6.45) is 3.64. The Hall–Kier alpha value is -0.410. The van der Waals surface area contributed by atoms with Crippen molar-refractivity contribution in [2.24, 2.45) is 0 Å². The molecule has 2 atom stereocenters. The molecule has 0 aromatic carbocycles. The number of aliphatic hydroxyl groups excluding tert-OH is 1. The Kier molecular flexibility index (Phi) is 1.51. The van der Waals surface area contributed by atoms with Crippen LogP contribution in [0.5, 0.6) is 0 Å². The fraction of sp³-hybridized carbons (Fsp3) is 0.750. The van der Waals surface area contributed by atoms with Gasteiger partial charge in [-0.1, -0.05) is 12.2 Å². The summed E-state index contributed by atoms with van der Waals surface area (Å²) >= 11 is 0. The van der Waals surface area contributed by atoms with Crippen LogP contribution >= 0.6 is 0 Å². The molecule has 3 heteroatoms. The van der Waals surface area contributed by atoms with Gasteiger partial charge in [-0.05, 0) is 0 Å². The third-order valence-electron chi connectivity index (χ3n) is 2.65. The summed E-state index contributed by atoms with van der Waals surface area (Å²) < 4.78 is 12.9. The Morgan fingerprint density at radius 3 is 3.18 bits per heavy atom. The normalized spacial score (nSPS) is 43.3. The van der Waals surface area contributed by atoms with Gasteiger partial charge in [-0.25, -0.2) is 4.39 Å². The number of aliphatic hydroxyl groups is 1. The average Bonchev–Trinajstić information content (AvgIpc) is 2.43. The van der Waals surface area contributed by atoms with Crippen LogP contribution in [0.4, 0.5) is 4.39 Å². The van der Waals surface area contributed by atoms with Gasteiger partial charge in [0.05, 0.1) is 12.1 Å². The summed E-state index contributed by atoms with van der Waals surface area (Å²) in [4.78, 5) is 2.00. The van der Waals surface area contributed by atoms with E-state index in [9.17, 15) is 4.39 Å². The predicted molar refractivity (Wildman–Crippen MR) is 40.0 cm³/mol. The van der Waals surface area contributed by atoms with Crippen molar-refractivity contribution in [3.05, 3.63) is 12.2 Å². The van der Waals surface area contributed by atoms with E-state index in [2.05, 4.69) is 0 Å². The highest BCUT2D eigenvalue weighted by Crippen LogP contribution is 2.35. The Balaban J connectivity index is 2.21. The van der Waals surface area contributed by atoms with Crippen LogP contribution in [-0.2, 0) is 0 Å². The lowest BCUT2D eigenvalue weighted by atomic mass is 9.99. The van der Waals surface area contributed by atoms with E-state index in [-0.39, 0.29) is 12.1 Å². The molecule has 2 unspecified atom stereocenters. The second-order valence-corrected chi connectivity index (χ2v) is 3.37. The average molecular weight is 157 g/mol. The molecule has 2 heterocycles. The van der Waals surface area contributed by atoms with Crippen LogP contribution in [0.25, 0.3) is 0 Å². The number of hydrogen-bond donors (Lipinski definition) is 1. The minimum absolute atomic E-state index is 0.0456. The number of halogens is 1. The summed E-state index contributed by atoms with van der Waals surface area (Å²) in [7, 11) is 0. The molecule has 0 radical (unpaired) electrons. The zero-order valence-corrected chi connectivity index (χ0v) is 6.33. The summed E-state index contributed by atoms with van der Waals surface area (Å²) in [5, 5.41) is 9.09. The summed E-state index contributed by atoms with van der Waals surface area (Å²) in [5.74, 6) is 0. The maximum absolute atomic E-state index is 12.9. The summed E-state index contributed by atoms with van der Waals surface area (Å²) in [6.45, 7) is 1.32. The van der Waals surface area contributed by atoms with Crippen LogP contribution in [0, 0.1) is 0 Å². The first-order chi connectivity index (χ1) is 5.27. The van der Waals surface area contributed by atoms with Crippen molar-refractivity contribution in [3.8, 4) is 0 Å². The molecule has 1 N–H and O–H groups in total. The van der Waals surface area contributed by atoms with Crippen molar-refractivity contribution in [1.82, 2.24) is 4.90 Å². The molecule has 2 aliphatic heterocycles.